The normalized spacial score (nSPS) is 14.9. The van der Waals surface area contributed by atoms with Gasteiger partial charge in [0.05, 0.1) is 12.5 Å². The van der Waals surface area contributed by atoms with Gasteiger partial charge in [0.1, 0.15) is 6.04 Å². The number of carbonyl (C=O) groups excluding carboxylic acids is 1. The van der Waals surface area contributed by atoms with E-state index in [0.717, 1.165) is 19.3 Å². The molecule has 0 aliphatic carbocycles. The second-order valence-electron chi connectivity index (χ2n) is 14.1. The number of carbonyl (C=O) groups is 3. The predicted octanol–water partition coefficient (Wildman–Crippen LogP) is 9.83. The molecule has 0 fully saturated rings. The molecule has 3 atom stereocenters. The minimum absolute atomic E-state index is 0.211. The molecule has 0 bridgehead atoms. The summed E-state index contributed by atoms with van der Waals surface area (Å²) in [6.45, 7) is 8.11. The van der Waals surface area contributed by atoms with E-state index in [0.29, 0.717) is 25.7 Å². The van der Waals surface area contributed by atoms with Gasteiger partial charge < -0.3 is 20.1 Å². The van der Waals surface area contributed by atoms with Crippen molar-refractivity contribution in [3.63, 3.8) is 0 Å². The lowest BCUT2D eigenvalue weighted by molar-refractivity contribution is -0.975. The third-order valence-corrected chi connectivity index (χ3v) is 10.2. The van der Waals surface area contributed by atoms with Crippen molar-refractivity contribution in [1.29, 1.82) is 0 Å². The molecule has 2 N–H and O–H groups in total. The second-order valence-corrected chi connectivity index (χ2v) is 14.1. The van der Waals surface area contributed by atoms with Crippen LogP contribution in [0.2, 0.25) is 0 Å². The number of rotatable bonds is 35. The lowest BCUT2D eigenvalue weighted by atomic mass is 9.91. The van der Waals surface area contributed by atoms with Crippen LogP contribution in [0, 0.1) is 0 Å². The zero-order valence-electron chi connectivity index (χ0n) is 30.7. The van der Waals surface area contributed by atoms with Gasteiger partial charge >= 0.3 is 11.9 Å². The van der Waals surface area contributed by atoms with Crippen LogP contribution >= 0.6 is 0 Å². The van der Waals surface area contributed by atoms with E-state index in [-0.39, 0.29) is 25.8 Å². The van der Waals surface area contributed by atoms with Crippen molar-refractivity contribution >= 4 is 17.9 Å². The van der Waals surface area contributed by atoms with E-state index in [4.69, 9.17) is 0 Å². The molecule has 0 aromatic heterocycles. The minimum Gasteiger partial charge on any atom is -0.544 e. The second kappa shape index (κ2) is 29.5. The summed E-state index contributed by atoms with van der Waals surface area (Å²) in [5.74, 6) is -3.54. The molecule has 3 unspecified atom stereocenters. The van der Waals surface area contributed by atoms with E-state index in [2.05, 4.69) is 6.92 Å². The third kappa shape index (κ3) is 18.6. The fourth-order valence-electron chi connectivity index (χ4n) is 7.63. The SMILES string of the molecule is CCCCCCCCCCCCCCCCCCCCCCCC[N+](C(CCC)C(=O)[O-])(C(CCC)C(=O)O)C(CCC)C(=O)O. The zero-order chi connectivity index (χ0) is 34.5. The zero-order valence-corrected chi connectivity index (χ0v) is 30.7. The molecule has 0 saturated carbocycles. The van der Waals surface area contributed by atoms with Crippen LogP contribution in [0.4, 0.5) is 0 Å². The van der Waals surface area contributed by atoms with Crippen molar-refractivity contribution < 1.29 is 34.2 Å². The molecular weight excluding hydrogens is 578 g/mol. The fraction of sp³-hybridized carbons (Fsp3) is 0.923. The van der Waals surface area contributed by atoms with E-state index < -0.39 is 40.5 Å². The van der Waals surface area contributed by atoms with Gasteiger partial charge in [0.15, 0.2) is 12.1 Å². The van der Waals surface area contributed by atoms with Gasteiger partial charge in [-0.1, -0.05) is 163 Å². The van der Waals surface area contributed by atoms with Crippen LogP contribution in [-0.4, -0.2) is 57.3 Å². The van der Waals surface area contributed by atoms with Crippen molar-refractivity contribution in [1.82, 2.24) is 0 Å². The molecule has 46 heavy (non-hydrogen) atoms. The van der Waals surface area contributed by atoms with Crippen LogP contribution in [-0.2, 0) is 14.4 Å². The van der Waals surface area contributed by atoms with Crippen LogP contribution in [0.1, 0.15) is 207 Å². The van der Waals surface area contributed by atoms with Crippen molar-refractivity contribution in [2.45, 2.75) is 226 Å². The number of carboxylic acids is 3. The van der Waals surface area contributed by atoms with Gasteiger partial charge in [-0.05, 0) is 25.7 Å². The summed E-state index contributed by atoms with van der Waals surface area (Å²) in [5.41, 5.74) is 0. The Morgan fingerprint density at radius 3 is 0.935 bits per heavy atom. The first kappa shape index (κ1) is 44.4. The molecular formula is C39H75NO6. The van der Waals surface area contributed by atoms with Gasteiger partial charge in [-0.15, -0.1) is 0 Å². The first-order chi connectivity index (χ1) is 22.2. The summed E-state index contributed by atoms with van der Waals surface area (Å²) in [4.78, 5) is 37.7. The summed E-state index contributed by atoms with van der Waals surface area (Å²) in [6, 6.07) is -3.32. The van der Waals surface area contributed by atoms with E-state index in [9.17, 15) is 29.7 Å². The van der Waals surface area contributed by atoms with E-state index in [1.54, 1.807) is 0 Å². The molecule has 0 aromatic rings. The monoisotopic (exact) mass is 654 g/mol. The van der Waals surface area contributed by atoms with Crippen LogP contribution in [0.5, 0.6) is 0 Å². The number of quaternary nitrogens is 1. The van der Waals surface area contributed by atoms with Crippen LogP contribution in [0.25, 0.3) is 0 Å². The fourth-order valence-corrected chi connectivity index (χ4v) is 7.63. The summed E-state index contributed by atoms with van der Waals surface area (Å²) in [7, 11) is 0. The van der Waals surface area contributed by atoms with E-state index in [1.807, 2.05) is 20.8 Å². The van der Waals surface area contributed by atoms with Gasteiger partial charge in [0.2, 0.25) is 0 Å². The standard InChI is InChI=1S/C39H75NO6/c1-5-9-10-11-12-13-14-15-16-17-18-19-20-21-22-23-24-25-26-27-28-29-33-40(34(30-6-2)37(41)42,35(31-7-3)38(43)44)36(32-8-4)39(45)46/h34-36H,5-33H2,1-4H3,(H2-,41,42,43,44,45,46). The summed E-state index contributed by atoms with van der Waals surface area (Å²) < 4.78 is -0.429. The Morgan fingerprint density at radius 2 is 0.696 bits per heavy atom. The molecule has 0 amide bonds. The van der Waals surface area contributed by atoms with Crippen molar-refractivity contribution in [3.8, 4) is 0 Å². The summed E-state index contributed by atoms with van der Waals surface area (Å²) >= 11 is 0. The van der Waals surface area contributed by atoms with Crippen molar-refractivity contribution in [3.05, 3.63) is 0 Å². The smallest absolute Gasteiger partial charge is 0.362 e. The molecule has 0 saturated heterocycles. The quantitative estimate of drug-likeness (QED) is 0.0520. The van der Waals surface area contributed by atoms with E-state index >= 15 is 0 Å². The van der Waals surface area contributed by atoms with Gasteiger partial charge in [-0.25, -0.2) is 9.59 Å². The minimum atomic E-state index is -1.33. The molecule has 0 rings (SSSR count). The highest BCUT2D eigenvalue weighted by atomic mass is 16.4. The van der Waals surface area contributed by atoms with Gasteiger partial charge in [-0.3, -0.25) is 4.48 Å². The van der Waals surface area contributed by atoms with Gasteiger partial charge in [-0.2, -0.15) is 0 Å². The molecule has 7 nitrogen and oxygen atoms in total. The van der Waals surface area contributed by atoms with Crippen LogP contribution < -0.4 is 5.11 Å². The lowest BCUT2D eigenvalue weighted by Gasteiger charge is -2.52. The Kier molecular flexibility index (Phi) is 28.5. The Bertz CT molecular complexity index is 697. The van der Waals surface area contributed by atoms with Gasteiger partial charge in [0, 0.05) is 19.3 Å². The molecule has 0 aliphatic rings. The molecule has 0 heterocycles. The predicted molar refractivity (Wildman–Crippen MR) is 189 cm³/mol. The summed E-state index contributed by atoms with van der Waals surface area (Å²) in [5, 5.41) is 33.1. The maximum atomic E-state index is 12.6. The third-order valence-electron chi connectivity index (χ3n) is 10.2. The summed E-state index contributed by atoms with van der Waals surface area (Å²) in [6.07, 6.45) is 30.4. The number of hydrogen-bond acceptors (Lipinski definition) is 4. The highest BCUT2D eigenvalue weighted by molar-refractivity contribution is 5.77. The Morgan fingerprint density at radius 1 is 0.435 bits per heavy atom. The molecule has 7 heteroatoms. The highest BCUT2D eigenvalue weighted by Gasteiger charge is 2.54. The molecule has 0 radical (unpaired) electrons. The van der Waals surface area contributed by atoms with Crippen molar-refractivity contribution in [2.24, 2.45) is 0 Å². The molecule has 0 aromatic carbocycles. The number of hydrogen-bond donors (Lipinski definition) is 2. The molecule has 0 spiro atoms. The van der Waals surface area contributed by atoms with Crippen LogP contribution in [0.15, 0.2) is 0 Å². The first-order valence-corrected chi connectivity index (χ1v) is 19.8. The first-order valence-electron chi connectivity index (χ1n) is 19.8. The molecule has 0 aliphatic heterocycles. The average Bonchev–Trinajstić information content (AvgIpc) is 3.02. The Hall–Kier alpha value is -1.63. The number of aliphatic carboxylic acids is 3. The molecule has 272 valence electrons. The lowest BCUT2D eigenvalue weighted by Crippen LogP contribution is -2.74. The Balaban J connectivity index is 4.53. The highest BCUT2D eigenvalue weighted by Crippen LogP contribution is 2.34. The average molecular weight is 654 g/mol. The van der Waals surface area contributed by atoms with Crippen molar-refractivity contribution in [2.75, 3.05) is 6.54 Å². The Labute approximate surface area is 283 Å². The number of nitrogens with zero attached hydrogens (tertiary/aromatic N) is 1. The van der Waals surface area contributed by atoms with E-state index in [1.165, 1.54) is 116 Å². The van der Waals surface area contributed by atoms with Gasteiger partial charge in [0.25, 0.3) is 0 Å². The number of unbranched alkanes of at least 4 members (excludes halogenated alkanes) is 21. The van der Waals surface area contributed by atoms with Crippen LogP contribution in [0.3, 0.4) is 0 Å². The topological polar surface area (TPSA) is 115 Å². The largest absolute Gasteiger partial charge is 0.544 e. The maximum absolute atomic E-state index is 12.6. The number of carboxylic acid groups (broad SMARTS) is 3. The maximum Gasteiger partial charge on any atom is 0.362 e.